The summed E-state index contributed by atoms with van der Waals surface area (Å²) in [5, 5.41) is 0. The molecule has 0 radical (unpaired) electrons. The monoisotopic (exact) mass is 405 g/mol. The molecule has 124 valence electrons. The van der Waals surface area contributed by atoms with Gasteiger partial charge in [0.2, 0.25) is 0 Å². The first-order chi connectivity index (χ1) is 9.94. The van der Waals surface area contributed by atoms with Crippen molar-refractivity contribution in [2.24, 2.45) is 5.92 Å². The average molecular weight is 405 g/mol. The second-order valence-electron chi connectivity index (χ2n) is 6.73. The van der Waals surface area contributed by atoms with E-state index in [1.165, 1.54) is 0 Å². The van der Waals surface area contributed by atoms with Crippen LogP contribution >= 0.6 is 0 Å². The zero-order valence-corrected chi connectivity index (χ0v) is 20.2. The van der Waals surface area contributed by atoms with Gasteiger partial charge in [-0.1, -0.05) is 0 Å². The van der Waals surface area contributed by atoms with Gasteiger partial charge in [0.15, 0.2) is 0 Å². The van der Waals surface area contributed by atoms with Crippen LogP contribution in [-0.4, -0.2) is 79.3 Å². The number of rotatable bonds is 9. The molecule has 3 unspecified atom stereocenters. The minimum absolute atomic E-state index is 0.0116. The van der Waals surface area contributed by atoms with Crippen LogP contribution in [0.25, 0.3) is 0 Å². The fraction of sp³-hybridized carbons (Fsp3) is 1.00. The SMILES string of the molecule is CCCC(OC)C(CC[C](F)([InH2])C1CCN(C)CC1)OC. The van der Waals surface area contributed by atoms with Crippen LogP contribution in [0.1, 0.15) is 45.4 Å². The van der Waals surface area contributed by atoms with E-state index >= 15 is 4.39 Å². The van der Waals surface area contributed by atoms with Crippen LogP contribution in [0.2, 0.25) is 0 Å². The van der Waals surface area contributed by atoms with Gasteiger partial charge >= 0.3 is 144 Å². The van der Waals surface area contributed by atoms with E-state index in [0.29, 0.717) is 6.42 Å². The summed E-state index contributed by atoms with van der Waals surface area (Å²) >= 11 is 0.0116. The number of hydrogen-bond donors (Lipinski definition) is 0. The Balaban J connectivity index is 2.49. The molecule has 0 aromatic rings. The Morgan fingerprint density at radius 2 is 1.71 bits per heavy atom. The van der Waals surface area contributed by atoms with Crippen LogP contribution < -0.4 is 0 Å². The van der Waals surface area contributed by atoms with Gasteiger partial charge in [0, 0.05) is 0 Å². The molecule has 0 saturated carbocycles. The number of piperidine rings is 1. The van der Waals surface area contributed by atoms with E-state index in [1.807, 2.05) is 0 Å². The Hall–Kier alpha value is 0.680. The number of likely N-dealkylation sites (tertiary alicyclic amines) is 1. The van der Waals surface area contributed by atoms with E-state index in [4.69, 9.17) is 9.47 Å². The normalized spacial score (nSPS) is 23.7. The third-order valence-electron chi connectivity index (χ3n) is 5.08. The molecule has 1 rings (SSSR count). The summed E-state index contributed by atoms with van der Waals surface area (Å²) < 4.78 is 25.4. The second-order valence-corrected chi connectivity index (χ2v) is 11.5. The van der Waals surface area contributed by atoms with Crippen molar-refractivity contribution in [3.63, 3.8) is 0 Å². The molecule has 1 fully saturated rings. The molecule has 1 saturated heterocycles. The zero-order chi connectivity index (χ0) is 15.9. The summed E-state index contributed by atoms with van der Waals surface area (Å²) in [4.78, 5) is 2.31. The van der Waals surface area contributed by atoms with E-state index in [-0.39, 0.29) is 42.5 Å². The summed E-state index contributed by atoms with van der Waals surface area (Å²) in [7, 11) is 5.59. The fourth-order valence-corrected chi connectivity index (χ4v) is 5.91. The Morgan fingerprint density at radius 3 is 2.19 bits per heavy atom. The van der Waals surface area contributed by atoms with Gasteiger partial charge < -0.3 is 0 Å². The molecule has 0 aromatic heterocycles. The third-order valence-corrected chi connectivity index (χ3v) is 8.84. The maximum atomic E-state index is 15.1. The molecular formula is C16H33FInNO2. The van der Waals surface area contributed by atoms with Gasteiger partial charge in [-0.15, -0.1) is 0 Å². The number of halogens is 1. The Bertz CT molecular complexity index is 283. The van der Waals surface area contributed by atoms with Crippen LogP contribution in [0, 0.1) is 5.92 Å². The maximum absolute atomic E-state index is 15.1. The number of nitrogens with zero attached hydrogens (tertiary/aromatic N) is 1. The molecule has 0 amide bonds. The number of ether oxygens (including phenoxy) is 2. The van der Waals surface area contributed by atoms with Gasteiger partial charge in [-0.2, -0.15) is 0 Å². The van der Waals surface area contributed by atoms with Crippen LogP contribution in [0.3, 0.4) is 0 Å². The first kappa shape index (κ1) is 19.7. The van der Waals surface area contributed by atoms with E-state index in [2.05, 4.69) is 18.9 Å². The van der Waals surface area contributed by atoms with E-state index in [0.717, 1.165) is 45.2 Å². The topological polar surface area (TPSA) is 21.7 Å². The predicted molar refractivity (Wildman–Crippen MR) is 88.3 cm³/mol. The molecule has 21 heavy (non-hydrogen) atoms. The molecule has 3 nitrogen and oxygen atoms in total. The van der Waals surface area contributed by atoms with Gasteiger partial charge in [0.05, 0.1) is 0 Å². The first-order valence-corrected chi connectivity index (χ1v) is 11.2. The molecule has 3 atom stereocenters. The van der Waals surface area contributed by atoms with Gasteiger partial charge in [0.25, 0.3) is 0 Å². The number of methoxy groups -OCH3 is 2. The zero-order valence-electron chi connectivity index (χ0n) is 14.5. The molecule has 0 aliphatic carbocycles. The fourth-order valence-electron chi connectivity index (χ4n) is 3.43. The summed E-state index contributed by atoms with van der Waals surface area (Å²) in [6, 6.07) is 0. The first-order valence-electron chi connectivity index (χ1n) is 8.37. The molecule has 1 aliphatic rings. The molecular weight excluding hydrogens is 372 g/mol. The van der Waals surface area contributed by atoms with Crippen LogP contribution in [0.15, 0.2) is 0 Å². The van der Waals surface area contributed by atoms with E-state index in [1.54, 1.807) is 14.2 Å². The second kappa shape index (κ2) is 9.74. The Morgan fingerprint density at radius 1 is 1.19 bits per heavy atom. The van der Waals surface area contributed by atoms with E-state index < -0.39 is 3.43 Å². The Labute approximate surface area is 144 Å². The van der Waals surface area contributed by atoms with Crippen LogP contribution in [0.5, 0.6) is 0 Å². The van der Waals surface area contributed by atoms with Crippen molar-refractivity contribution < 1.29 is 13.9 Å². The van der Waals surface area contributed by atoms with Crippen molar-refractivity contribution in [2.45, 2.75) is 61.1 Å². The van der Waals surface area contributed by atoms with Crippen molar-refractivity contribution in [2.75, 3.05) is 34.4 Å². The minimum atomic E-state index is -0.885. The standard InChI is InChI=1S/C16H31FNO2.In.2H/c1-5-6-15(19-3)16(20-4)8-7-14(17)13-9-11-18(2)12-10-13;;;/h13,15-16H,5-12H2,1-4H3;;;. The van der Waals surface area contributed by atoms with E-state index in [9.17, 15) is 0 Å². The van der Waals surface area contributed by atoms with Crippen molar-refractivity contribution >= 4 is 24.4 Å². The molecule has 5 heteroatoms. The van der Waals surface area contributed by atoms with Crippen molar-refractivity contribution in [1.29, 1.82) is 0 Å². The van der Waals surface area contributed by atoms with Crippen molar-refractivity contribution in [3.05, 3.63) is 0 Å². The van der Waals surface area contributed by atoms with Crippen molar-refractivity contribution in [3.8, 4) is 0 Å². The summed E-state index contributed by atoms with van der Waals surface area (Å²) in [5.41, 5.74) is 0. The predicted octanol–water partition coefficient (Wildman–Crippen LogP) is 2.24. The van der Waals surface area contributed by atoms with Crippen LogP contribution in [0.4, 0.5) is 4.39 Å². The van der Waals surface area contributed by atoms with Gasteiger partial charge in [-0.3, -0.25) is 0 Å². The quantitative estimate of drug-likeness (QED) is 0.588. The van der Waals surface area contributed by atoms with Gasteiger partial charge in [-0.25, -0.2) is 0 Å². The summed E-state index contributed by atoms with van der Waals surface area (Å²) in [5.74, 6) is 0.272. The summed E-state index contributed by atoms with van der Waals surface area (Å²) in [6.45, 7) is 4.23. The molecule has 0 N–H and O–H groups in total. The average Bonchev–Trinajstić information content (AvgIpc) is 2.47. The van der Waals surface area contributed by atoms with Gasteiger partial charge in [0.1, 0.15) is 0 Å². The number of hydrogen-bond acceptors (Lipinski definition) is 3. The Kier molecular flexibility index (Phi) is 9.15. The van der Waals surface area contributed by atoms with Gasteiger partial charge in [-0.05, 0) is 0 Å². The molecule has 1 aliphatic heterocycles. The van der Waals surface area contributed by atoms with Crippen molar-refractivity contribution in [1.82, 2.24) is 4.90 Å². The molecule has 0 bridgehead atoms. The summed E-state index contributed by atoms with van der Waals surface area (Å²) in [6.07, 6.45) is 5.65. The molecule has 0 aromatic carbocycles. The number of alkyl halides is 1. The molecule has 0 spiro atoms. The third kappa shape index (κ3) is 6.36. The molecule has 1 heterocycles. The van der Waals surface area contributed by atoms with Crippen LogP contribution in [-0.2, 0) is 9.47 Å².